The number of thiophene rings is 1. The predicted octanol–water partition coefficient (Wildman–Crippen LogP) is 2.89. The van der Waals surface area contributed by atoms with Gasteiger partial charge in [-0.1, -0.05) is 0 Å². The van der Waals surface area contributed by atoms with Crippen molar-refractivity contribution in [1.82, 2.24) is 0 Å². The van der Waals surface area contributed by atoms with Crippen molar-refractivity contribution in [2.45, 2.75) is 6.92 Å². The zero-order valence-corrected chi connectivity index (χ0v) is 8.77. The molecule has 1 aromatic heterocycles. The molecule has 4 N–H and O–H groups in total. The molecule has 0 saturated carbocycles. The molecule has 2 rings (SSSR count). The van der Waals surface area contributed by atoms with E-state index >= 15 is 0 Å². The minimum absolute atomic E-state index is 0.716. The second kappa shape index (κ2) is 3.35. The van der Waals surface area contributed by atoms with Crippen molar-refractivity contribution in [3.8, 4) is 10.4 Å². The van der Waals surface area contributed by atoms with Gasteiger partial charge in [-0.05, 0) is 47.7 Å². The summed E-state index contributed by atoms with van der Waals surface area (Å²) in [6, 6.07) is 7.77. The van der Waals surface area contributed by atoms with Crippen LogP contribution in [0.5, 0.6) is 0 Å². The van der Waals surface area contributed by atoms with E-state index < -0.39 is 0 Å². The van der Waals surface area contributed by atoms with Crippen molar-refractivity contribution < 1.29 is 0 Å². The van der Waals surface area contributed by atoms with E-state index in [1.165, 1.54) is 10.4 Å². The van der Waals surface area contributed by atoms with Crippen LogP contribution in [-0.4, -0.2) is 0 Å². The molecule has 72 valence electrons. The van der Waals surface area contributed by atoms with Gasteiger partial charge in [0, 0.05) is 16.3 Å². The first kappa shape index (κ1) is 9.09. The average Bonchev–Trinajstić information content (AvgIpc) is 2.49. The van der Waals surface area contributed by atoms with Gasteiger partial charge in [0.2, 0.25) is 0 Å². The van der Waals surface area contributed by atoms with E-state index in [-0.39, 0.29) is 0 Å². The summed E-state index contributed by atoms with van der Waals surface area (Å²) in [5, 5.41) is 2.07. The molecule has 14 heavy (non-hydrogen) atoms. The highest BCUT2D eigenvalue weighted by atomic mass is 32.1. The molecule has 0 saturated heterocycles. The van der Waals surface area contributed by atoms with Gasteiger partial charge in [-0.2, -0.15) is 0 Å². The molecule has 1 aromatic carbocycles. The highest BCUT2D eigenvalue weighted by Gasteiger charge is 2.04. The molecule has 0 aliphatic carbocycles. The molecule has 0 atom stereocenters. The maximum absolute atomic E-state index is 5.74. The van der Waals surface area contributed by atoms with Gasteiger partial charge < -0.3 is 11.5 Å². The van der Waals surface area contributed by atoms with Crippen molar-refractivity contribution in [3.05, 3.63) is 35.2 Å². The molecule has 0 aliphatic heterocycles. The van der Waals surface area contributed by atoms with Gasteiger partial charge >= 0.3 is 0 Å². The number of nitrogen functional groups attached to an aromatic ring is 2. The second-order valence-electron chi connectivity index (χ2n) is 3.32. The number of hydrogen-bond acceptors (Lipinski definition) is 3. The molecule has 0 amide bonds. The first-order valence-electron chi connectivity index (χ1n) is 4.37. The minimum Gasteiger partial charge on any atom is -0.399 e. The molecule has 0 fully saturated rings. The third kappa shape index (κ3) is 1.59. The summed E-state index contributed by atoms with van der Waals surface area (Å²) < 4.78 is 0. The Hall–Kier alpha value is -1.48. The monoisotopic (exact) mass is 204 g/mol. The van der Waals surface area contributed by atoms with E-state index in [0.29, 0.717) is 11.4 Å². The van der Waals surface area contributed by atoms with Crippen LogP contribution in [0, 0.1) is 6.92 Å². The standard InChI is InChI=1S/C11H12N2S/c1-7-2-3-14-11(7)8-4-9(12)6-10(13)5-8/h2-6H,12-13H2,1H3. The van der Waals surface area contributed by atoms with Crippen molar-refractivity contribution in [2.24, 2.45) is 0 Å². The third-order valence-corrected chi connectivity index (χ3v) is 3.17. The maximum Gasteiger partial charge on any atom is 0.0373 e. The van der Waals surface area contributed by atoms with Gasteiger partial charge in [-0.25, -0.2) is 0 Å². The summed E-state index contributed by atoms with van der Waals surface area (Å²) in [5.41, 5.74) is 15.3. The Bertz CT molecular complexity index is 440. The molecule has 0 spiro atoms. The maximum atomic E-state index is 5.74. The Morgan fingerprint density at radius 3 is 2.21 bits per heavy atom. The van der Waals surface area contributed by atoms with Crippen LogP contribution in [-0.2, 0) is 0 Å². The fourth-order valence-electron chi connectivity index (χ4n) is 1.48. The molecular formula is C11H12N2S. The summed E-state index contributed by atoms with van der Waals surface area (Å²) in [5.74, 6) is 0. The highest BCUT2D eigenvalue weighted by Crippen LogP contribution is 2.31. The highest BCUT2D eigenvalue weighted by molar-refractivity contribution is 7.13. The van der Waals surface area contributed by atoms with Crippen LogP contribution in [0.25, 0.3) is 10.4 Å². The molecule has 1 heterocycles. The summed E-state index contributed by atoms with van der Waals surface area (Å²) in [7, 11) is 0. The Morgan fingerprint density at radius 1 is 1.07 bits per heavy atom. The van der Waals surface area contributed by atoms with Crippen LogP contribution in [0.1, 0.15) is 5.56 Å². The van der Waals surface area contributed by atoms with Crippen LogP contribution >= 0.6 is 11.3 Å². The normalized spacial score (nSPS) is 10.4. The zero-order chi connectivity index (χ0) is 10.1. The summed E-state index contributed by atoms with van der Waals surface area (Å²) in [6.45, 7) is 2.09. The summed E-state index contributed by atoms with van der Waals surface area (Å²) >= 11 is 1.71. The molecular weight excluding hydrogens is 192 g/mol. The number of anilines is 2. The number of aryl methyl sites for hydroxylation is 1. The minimum atomic E-state index is 0.716. The molecule has 2 nitrogen and oxygen atoms in total. The van der Waals surface area contributed by atoms with E-state index in [1.807, 2.05) is 12.1 Å². The molecule has 0 radical (unpaired) electrons. The van der Waals surface area contributed by atoms with E-state index in [9.17, 15) is 0 Å². The smallest absolute Gasteiger partial charge is 0.0373 e. The van der Waals surface area contributed by atoms with Gasteiger partial charge in [0.15, 0.2) is 0 Å². The lowest BCUT2D eigenvalue weighted by atomic mass is 10.1. The SMILES string of the molecule is Cc1ccsc1-c1cc(N)cc(N)c1. The topological polar surface area (TPSA) is 52.0 Å². The van der Waals surface area contributed by atoms with Crippen molar-refractivity contribution in [2.75, 3.05) is 11.5 Å². The quantitative estimate of drug-likeness (QED) is 0.702. The Balaban J connectivity index is 2.57. The van der Waals surface area contributed by atoms with E-state index in [2.05, 4.69) is 18.4 Å². The zero-order valence-electron chi connectivity index (χ0n) is 7.95. The second-order valence-corrected chi connectivity index (χ2v) is 4.24. The number of benzene rings is 1. The molecule has 3 heteroatoms. The Labute approximate surface area is 87.2 Å². The van der Waals surface area contributed by atoms with Gasteiger partial charge in [0.05, 0.1) is 0 Å². The lowest BCUT2D eigenvalue weighted by molar-refractivity contribution is 1.54. The molecule has 0 unspecified atom stereocenters. The van der Waals surface area contributed by atoms with Crippen molar-refractivity contribution in [1.29, 1.82) is 0 Å². The third-order valence-electron chi connectivity index (χ3n) is 2.10. The van der Waals surface area contributed by atoms with Crippen molar-refractivity contribution >= 4 is 22.7 Å². The first-order valence-corrected chi connectivity index (χ1v) is 5.25. The van der Waals surface area contributed by atoms with Crippen LogP contribution in [0.2, 0.25) is 0 Å². The molecule has 0 bridgehead atoms. The average molecular weight is 204 g/mol. The lowest BCUT2D eigenvalue weighted by Gasteiger charge is -2.03. The van der Waals surface area contributed by atoms with Crippen LogP contribution in [0.15, 0.2) is 29.6 Å². The lowest BCUT2D eigenvalue weighted by Crippen LogP contribution is -1.90. The summed E-state index contributed by atoms with van der Waals surface area (Å²) in [4.78, 5) is 1.24. The van der Waals surface area contributed by atoms with Crippen LogP contribution in [0.3, 0.4) is 0 Å². The van der Waals surface area contributed by atoms with Gasteiger partial charge in [-0.15, -0.1) is 11.3 Å². The van der Waals surface area contributed by atoms with Gasteiger partial charge in [0.1, 0.15) is 0 Å². The van der Waals surface area contributed by atoms with E-state index in [1.54, 1.807) is 17.4 Å². The van der Waals surface area contributed by atoms with Crippen LogP contribution < -0.4 is 11.5 Å². The first-order chi connectivity index (χ1) is 6.66. The fraction of sp³-hybridized carbons (Fsp3) is 0.0909. The number of rotatable bonds is 1. The number of nitrogens with two attached hydrogens (primary N) is 2. The number of hydrogen-bond donors (Lipinski definition) is 2. The Kier molecular flexibility index (Phi) is 2.17. The van der Waals surface area contributed by atoms with Crippen LogP contribution in [0.4, 0.5) is 11.4 Å². The fourth-order valence-corrected chi connectivity index (χ4v) is 2.39. The van der Waals surface area contributed by atoms with E-state index in [0.717, 1.165) is 5.56 Å². The van der Waals surface area contributed by atoms with Gasteiger partial charge in [-0.3, -0.25) is 0 Å². The largest absolute Gasteiger partial charge is 0.399 e. The summed E-state index contributed by atoms with van der Waals surface area (Å²) in [6.07, 6.45) is 0. The Morgan fingerprint density at radius 2 is 1.71 bits per heavy atom. The predicted molar refractivity (Wildman–Crippen MR) is 63.3 cm³/mol. The van der Waals surface area contributed by atoms with E-state index in [4.69, 9.17) is 11.5 Å². The van der Waals surface area contributed by atoms with Gasteiger partial charge in [0.25, 0.3) is 0 Å². The molecule has 0 aliphatic rings. The molecule has 2 aromatic rings. The van der Waals surface area contributed by atoms with Crippen molar-refractivity contribution in [3.63, 3.8) is 0 Å².